The molecule has 0 atom stereocenters. The number of pyridine rings is 1. The minimum Gasteiger partial charge on any atom is -0.370 e. The third-order valence-electron chi connectivity index (χ3n) is 6.87. The second-order valence-corrected chi connectivity index (χ2v) is 11.8. The zero-order valence-corrected chi connectivity index (χ0v) is 23.0. The summed E-state index contributed by atoms with van der Waals surface area (Å²) < 4.78 is 25.3. The molecule has 0 saturated carbocycles. The summed E-state index contributed by atoms with van der Waals surface area (Å²) in [6.07, 6.45) is 2.26. The number of hydrogen-bond donors (Lipinski definition) is 2. The molecule has 1 aliphatic rings. The number of hydrogen-bond acceptors (Lipinski definition) is 8. The minimum atomic E-state index is -3.27. The van der Waals surface area contributed by atoms with Crippen LogP contribution in [0.4, 0.5) is 17.3 Å². The molecule has 0 spiro atoms. The average Bonchev–Trinajstić information content (AvgIpc) is 3.35. The van der Waals surface area contributed by atoms with Crippen LogP contribution in [0.1, 0.15) is 19.3 Å². The Bertz CT molecular complexity index is 1630. The molecule has 12 heteroatoms. The fourth-order valence-corrected chi connectivity index (χ4v) is 5.35. The highest BCUT2D eigenvalue weighted by Crippen LogP contribution is 2.25. The molecule has 208 valence electrons. The maximum Gasteiger partial charge on any atom is 0.247 e. The van der Waals surface area contributed by atoms with Crippen molar-refractivity contribution >= 4 is 44.6 Å². The van der Waals surface area contributed by atoms with Gasteiger partial charge in [-0.2, -0.15) is 4.98 Å². The molecule has 1 aliphatic heterocycles. The summed E-state index contributed by atoms with van der Waals surface area (Å²) in [5, 5.41) is 7.88. The summed E-state index contributed by atoms with van der Waals surface area (Å²) in [6, 6.07) is 20.3. The molecule has 40 heavy (non-hydrogen) atoms. The lowest BCUT2D eigenvalue weighted by molar-refractivity contribution is -0.131. The fourth-order valence-electron chi connectivity index (χ4n) is 4.72. The quantitative estimate of drug-likeness (QED) is 0.318. The fraction of sp³-hybridized carbons (Fsp3) is 0.286. The second kappa shape index (κ2) is 11.3. The van der Waals surface area contributed by atoms with Crippen molar-refractivity contribution in [3.05, 3.63) is 66.7 Å². The number of benzene rings is 2. The summed E-state index contributed by atoms with van der Waals surface area (Å²) in [6.45, 7) is 2.74. The van der Waals surface area contributed by atoms with Crippen molar-refractivity contribution in [3.63, 3.8) is 0 Å². The number of fused-ring (bicyclic) bond motifs is 1. The Balaban J connectivity index is 1.22. The van der Waals surface area contributed by atoms with E-state index in [9.17, 15) is 18.0 Å². The molecule has 2 aromatic heterocycles. The number of rotatable bonds is 9. The first-order chi connectivity index (χ1) is 19.2. The van der Waals surface area contributed by atoms with E-state index in [0.29, 0.717) is 37.5 Å². The van der Waals surface area contributed by atoms with Gasteiger partial charge < -0.3 is 20.9 Å². The van der Waals surface area contributed by atoms with Crippen LogP contribution < -0.4 is 16.0 Å². The number of nitrogens with two attached hydrogens (primary N) is 1. The highest BCUT2D eigenvalue weighted by atomic mass is 32.2. The van der Waals surface area contributed by atoms with Crippen LogP contribution in [0.5, 0.6) is 0 Å². The Morgan fingerprint density at radius 1 is 0.925 bits per heavy atom. The second-order valence-electron chi connectivity index (χ2n) is 9.77. The largest absolute Gasteiger partial charge is 0.370 e. The molecule has 2 amide bonds. The summed E-state index contributed by atoms with van der Waals surface area (Å²) in [5.41, 5.74) is 9.33. The Morgan fingerprint density at radius 2 is 1.62 bits per heavy atom. The van der Waals surface area contributed by atoms with E-state index in [1.165, 1.54) is 6.26 Å². The average molecular weight is 562 g/mol. The van der Waals surface area contributed by atoms with E-state index in [0.717, 1.165) is 35.7 Å². The predicted octanol–water partition coefficient (Wildman–Crippen LogP) is 2.85. The molecular weight excluding hydrogens is 530 g/mol. The maximum atomic E-state index is 12.4. The van der Waals surface area contributed by atoms with Gasteiger partial charge in [-0.3, -0.25) is 9.59 Å². The molecule has 5 rings (SSSR count). The SMILES string of the molecule is CS(=O)(=O)c1ccc(-c2cccc3nc(Nc4ccc(N5CCN(C(=O)CCCC(N)=O)CC5)cc4)nn23)cc1. The number of amides is 2. The Kier molecular flexibility index (Phi) is 7.69. The van der Waals surface area contributed by atoms with E-state index >= 15 is 0 Å². The van der Waals surface area contributed by atoms with Crippen LogP contribution in [0.15, 0.2) is 71.6 Å². The number of sulfone groups is 1. The van der Waals surface area contributed by atoms with Gasteiger partial charge in [0, 0.05) is 62.2 Å². The molecule has 2 aromatic carbocycles. The van der Waals surface area contributed by atoms with E-state index in [-0.39, 0.29) is 23.1 Å². The van der Waals surface area contributed by atoms with Crippen LogP contribution >= 0.6 is 0 Å². The zero-order chi connectivity index (χ0) is 28.3. The number of primary amides is 1. The summed E-state index contributed by atoms with van der Waals surface area (Å²) in [4.78, 5) is 32.2. The minimum absolute atomic E-state index is 0.0643. The zero-order valence-electron chi connectivity index (χ0n) is 22.2. The van der Waals surface area contributed by atoms with Crippen molar-refractivity contribution in [2.75, 3.05) is 42.7 Å². The molecule has 0 radical (unpaired) electrons. The highest BCUT2D eigenvalue weighted by Gasteiger charge is 2.21. The van der Waals surface area contributed by atoms with Gasteiger partial charge in [0.1, 0.15) is 0 Å². The summed E-state index contributed by atoms with van der Waals surface area (Å²) >= 11 is 0. The van der Waals surface area contributed by atoms with Gasteiger partial charge in [-0.15, -0.1) is 5.10 Å². The molecule has 3 heterocycles. The van der Waals surface area contributed by atoms with Gasteiger partial charge >= 0.3 is 0 Å². The van der Waals surface area contributed by atoms with Gasteiger partial charge in [0.15, 0.2) is 15.5 Å². The molecule has 3 N–H and O–H groups in total. The third-order valence-corrected chi connectivity index (χ3v) is 8.00. The molecule has 1 fully saturated rings. The standard InChI is InChI=1S/C28H31N7O4S/c1-40(38,39)23-14-8-20(9-15-23)24-4-2-6-26-31-28(32-35(24)26)30-21-10-12-22(13-11-21)33-16-18-34(19-17-33)27(37)7-3-5-25(29)36/h2,4,6,8-15H,3,5,7,16-19H2,1H3,(H2,29,36)(H,30,32). The van der Waals surface area contributed by atoms with Gasteiger partial charge in [0.05, 0.1) is 10.6 Å². The molecular formula is C28H31N7O4S. The third kappa shape index (κ3) is 6.23. The van der Waals surface area contributed by atoms with Crippen LogP contribution in [-0.4, -0.2) is 72.2 Å². The molecule has 1 saturated heterocycles. The lowest BCUT2D eigenvalue weighted by atomic mass is 10.1. The summed E-state index contributed by atoms with van der Waals surface area (Å²) in [5.74, 6) is 0.127. The van der Waals surface area contributed by atoms with Crippen molar-refractivity contribution in [2.45, 2.75) is 24.2 Å². The van der Waals surface area contributed by atoms with Gasteiger partial charge in [0.25, 0.3) is 0 Å². The molecule has 11 nitrogen and oxygen atoms in total. The number of nitrogens with one attached hydrogen (secondary N) is 1. The lowest BCUT2D eigenvalue weighted by Gasteiger charge is -2.36. The highest BCUT2D eigenvalue weighted by molar-refractivity contribution is 7.90. The Hall–Kier alpha value is -4.45. The lowest BCUT2D eigenvalue weighted by Crippen LogP contribution is -2.48. The van der Waals surface area contributed by atoms with E-state index in [1.54, 1.807) is 28.8 Å². The van der Waals surface area contributed by atoms with Crippen molar-refractivity contribution in [1.29, 1.82) is 0 Å². The summed E-state index contributed by atoms with van der Waals surface area (Å²) in [7, 11) is -3.27. The van der Waals surface area contributed by atoms with E-state index in [1.807, 2.05) is 47.4 Å². The first kappa shape index (κ1) is 27.1. The topological polar surface area (TPSA) is 143 Å². The van der Waals surface area contributed by atoms with Crippen molar-refractivity contribution in [3.8, 4) is 11.3 Å². The monoisotopic (exact) mass is 561 g/mol. The predicted molar refractivity (Wildman–Crippen MR) is 153 cm³/mol. The Morgan fingerprint density at radius 3 is 2.27 bits per heavy atom. The van der Waals surface area contributed by atoms with Gasteiger partial charge in [0.2, 0.25) is 17.8 Å². The molecule has 0 bridgehead atoms. The number of piperazine rings is 1. The van der Waals surface area contributed by atoms with E-state index in [4.69, 9.17) is 5.73 Å². The Labute approximate surface area is 232 Å². The number of carbonyl (C=O) groups is 2. The normalized spacial score (nSPS) is 13.9. The van der Waals surface area contributed by atoms with Crippen molar-refractivity contribution in [1.82, 2.24) is 19.5 Å². The van der Waals surface area contributed by atoms with Gasteiger partial charge in [-0.25, -0.2) is 12.9 Å². The smallest absolute Gasteiger partial charge is 0.247 e. The number of carbonyl (C=O) groups excluding carboxylic acids is 2. The molecule has 4 aromatic rings. The van der Waals surface area contributed by atoms with Crippen LogP contribution in [0.2, 0.25) is 0 Å². The van der Waals surface area contributed by atoms with Crippen LogP contribution in [0, 0.1) is 0 Å². The van der Waals surface area contributed by atoms with Crippen LogP contribution in [0.3, 0.4) is 0 Å². The van der Waals surface area contributed by atoms with Crippen molar-refractivity contribution in [2.24, 2.45) is 5.73 Å². The number of aromatic nitrogens is 3. The van der Waals surface area contributed by atoms with E-state index in [2.05, 4.69) is 20.3 Å². The molecule has 0 aliphatic carbocycles. The van der Waals surface area contributed by atoms with Gasteiger partial charge in [-0.1, -0.05) is 18.2 Å². The van der Waals surface area contributed by atoms with Crippen molar-refractivity contribution < 1.29 is 18.0 Å². The van der Waals surface area contributed by atoms with Crippen LogP contribution in [0.25, 0.3) is 16.9 Å². The number of nitrogens with zero attached hydrogens (tertiary/aromatic N) is 5. The first-order valence-electron chi connectivity index (χ1n) is 13.0. The first-order valence-corrected chi connectivity index (χ1v) is 14.9. The number of anilines is 3. The molecule has 0 unspecified atom stereocenters. The maximum absolute atomic E-state index is 12.4. The van der Waals surface area contributed by atoms with Gasteiger partial charge in [-0.05, 0) is 55.0 Å². The van der Waals surface area contributed by atoms with Crippen LogP contribution in [-0.2, 0) is 19.4 Å². The van der Waals surface area contributed by atoms with E-state index < -0.39 is 9.84 Å².